The van der Waals surface area contributed by atoms with Gasteiger partial charge in [-0.05, 0) is 44.1 Å². The smallest absolute Gasteiger partial charge is 0.345 e. The topological polar surface area (TPSA) is 189 Å². The van der Waals surface area contributed by atoms with E-state index in [-0.39, 0.29) is 18.2 Å². The summed E-state index contributed by atoms with van der Waals surface area (Å²) in [6.45, 7) is 0.652. The van der Waals surface area contributed by atoms with Crippen molar-refractivity contribution in [1.29, 1.82) is 0 Å². The number of aliphatic hydroxyl groups is 2. The molecule has 4 N–H and O–H groups in total. The lowest BCUT2D eigenvalue weighted by Crippen LogP contribution is -2.74. The lowest BCUT2D eigenvalue weighted by atomic mass is 9.50. The highest BCUT2D eigenvalue weighted by atomic mass is 16.6. The van der Waals surface area contributed by atoms with Crippen LogP contribution in [0.3, 0.4) is 0 Å². The first-order valence-electron chi connectivity index (χ1n) is 12.5. The van der Waals surface area contributed by atoms with Crippen molar-refractivity contribution in [3.63, 3.8) is 0 Å². The number of nitrogens with zero attached hydrogens (tertiary/aromatic N) is 1. The number of aliphatic carboxylic acids is 2. The van der Waals surface area contributed by atoms with E-state index < -0.39 is 66.0 Å². The Labute approximate surface area is 222 Å². The monoisotopic (exact) mass is 547 g/mol. The highest BCUT2D eigenvalue weighted by Gasteiger charge is 2.72. The molecule has 0 aromatic heterocycles. The van der Waals surface area contributed by atoms with Crippen molar-refractivity contribution in [3.8, 4) is 11.5 Å². The Morgan fingerprint density at radius 1 is 1.21 bits per heavy atom. The number of carbonyl (C=O) groups is 4. The van der Waals surface area contributed by atoms with Gasteiger partial charge in [0.2, 0.25) is 6.10 Å². The number of hydrogen-bond donors (Lipinski definition) is 4. The van der Waals surface area contributed by atoms with Crippen LogP contribution < -0.4 is 9.47 Å². The quantitative estimate of drug-likeness (QED) is 0.296. The molecule has 6 atom stereocenters. The first kappa shape index (κ1) is 26.9. The van der Waals surface area contributed by atoms with E-state index in [0.717, 1.165) is 11.1 Å². The maximum atomic E-state index is 12.8. The number of likely N-dealkylation sites (N-methyl/N-ethyl adjacent to an activating group) is 1. The highest BCUT2D eigenvalue weighted by Crippen LogP contribution is 2.65. The molecule has 1 spiro atoms. The fourth-order valence-corrected chi connectivity index (χ4v) is 6.56. The van der Waals surface area contributed by atoms with Crippen molar-refractivity contribution in [1.82, 2.24) is 4.90 Å². The Morgan fingerprint density at radius 3 is 2.62 bits per heavy atom. The molecule has 2 heterocycles. The summed E-state index contributed by atoms with van der Waals surface area (Å²) in [5.74, 6) is -4.68. The minimum atomic E-state index is -2.03. The van der Waals surface area contributed by atoms with Gasteiger partial charge in [0.25, 0.3) is 0 Å². The summed E-state index contributed by atoms with van der Waals surface area (Å²) in [6, 6.07) is 3.53. The first-order chi connectivity index (χ1) is 18.4. The summed E-state index contributed by atoms with van der Waals surface area (Å²) in [5, 5.41) is 40.3. The standard InChI is InChI=1S/C26H29NO12/c1-27-8-7-25-20-12-3-4-14(36-2)21(20)39-22(25)15(5-6-26(25,35)17(27)9-12)38-24(34)13(28)10-19(31)37-16(23(32)33)11-18(29)30/h3-5,13,16-17,22,28,35H,6-11H2,1-2H3,(H,29,30)(H,32,33)/t13-,16+,17+,22-,25-,26+/m0/s1. The molecular formula is C26H29NO12. The molecule has 1 fully saturated rings. The fraction of sp³-hybridized carbons (Fsp3) is 0.538. The average molecular weight is 548 g/mol. The molecule has 0 saturated carbocycles. The number of aliphatic hydroxyl groups excluding tert-OH is 1. The van der Waals surface area contributed by atoms with Crippen LogP contribution in [0.2, 0.25) is 0 Å². The molecule has 1 saturated heterocycles. The number of carboxylic acid groups (broad SMARTS) is 2. The molecule has 1 aromatic rings. The van der Waals surface area contributed by atoms with E-state index in [1.54, 1.807) is 12.1 Å². The number of piperidine rings is 1. The van der Waals surface area contributed by atoms with Gasteiger partial charge in [-0.3, -0.25) is 9.59 Å². The van der Waals surface area contributed by atoms with Gasteiger partial charge in [-0.1, -0.05) is 6.07 Å². The normalized spacial score (nSPS) is 29.7. The van der Waals surface area contributed by atoms with Crippen LogP contribution in [-0.2, 0) is 40.5 Å². The lowest BCUT2D eigenvalue weighted by molar-refractivity contribution is -0.175. The van der Waals surface area contributed by atoms with Gasteiger partial charge in [0, 0.05) is 18.0 Å². The van der Waals surface area contributed by atoms with Gasteiger partial charge in [-0.2, -0.15) is 0 Å². The van der Waals surface area contributed by atoms with E-state index >= 15 is 0 Å². The number of rotatable bonds is 9. The maximum Gasteiger partial charge on any atom is 0.345 e. The molecule has 210 valence electrons. The van der Waals surface area contributed by atoms with E-state index in [9.17, 15) is 29.4 Å². The van der Waals surface area contributed by atoms with Crippen LogP contribution in [0.5, 0.6) is 11.5 Å². The summed E-state index contributed by atoms with van der Waals surface area (Å²) in [5.41, 5.74) is -0.354. The van der Waals surface area contributed by atoms with Crippen LogP contribution in [0.15, 0.2) is 24.0 Å². The van der Waals surface area contributed by atoms with Crippen LogP contribution in [0.1, 0.15) is 36.8 Å². The van der Waals surface area contributed by atoms with Gasteiger partial charge >= 0.3 is 23.9 Å². The molecule has 0 radical (unpaired) electrons. The van der Waals surface area contributed by atoms with E-state index in [0.29, 0.717) is 30.9 Å². The Bertz CT molecular complexity index is 1280. The Balaban J connectivity index is 1.38. The van der Waals surface area contributed by atoms with Crippen LogP contribution >= 0.6 is 0 Å². The number of carboxylic acids is 2. The molecule has 2 bridgehead atoms. The number of carbonyl (C=O) groups excluding carboxylic acids is 2. The minimum Gasteiger partial charge on any atom is -0.493 e. The summed E-state index contributed by atoms with van der Waals surface area (Å²) in [4.78, 5) is 49.0. The molecule has 0 amide bonds. The van der Waals surface area contributed by atoms with Crippen molar-refractivity contribution in [2.24, 2.45) is 0 Å². The van der Waals surface area contributed by atoms with Crippen molar-refractivity contribution >= 4 is 23.9 Å². The van der Waals surface area contributed by atoms with Crippen LogP contribution in [-0.4, -0.2) is 99.9 Å². The number of methoxy groups -OCH3 is 1. The second-order valence-electron chi connectivity index (χ2n) is 10.3. The highest BCUT2D eigenvalue weighted by molar-refractivity contribution is 5.85. The molecule has 39 heavy (non-hydrogen) atoms. The number of hydrogen-bond acceptors (Lipinski definition) is 11. The molecule has 5 rings (SSSR count). The van der Waals surface area contributed by atoms with Gasteiger partial charge in [0.1, 0.15) is 5.76 Å². The summed E-state index contributed by atoms with van der Waals surface area (Å²) in [7, 11) is 3.46. The fourth-order valence-electron chi connectivity index (χ4n) is 6.56. The molecule has 13 heteroatoms. The summed E-state index contributed by atoms with van der Waals surface area (Å²) < 4.78 is 22.0. The number of ether oxygens (including phenoxy) is 4. The summed E-state index contributed by atoms with van der Waals surface area (Å²) >= 11 is 0. The molecule has 1 aromatic carbocycles. The third-order valence-electron chi connectivity index (χ3n) is 8.32. The third-order valence-corrected chi connectivity index (χ3v) is 8.32. The van der Waals surface area contributed by atoms with Gasteiger partial charge in [0.15, 0.2) is 23.7 Å². The predicted octanol–water partition coefficient (Wildman–Crippen LogP) is -0.262. The minimum absolute atomic E-state index is 0.0702. The van der Waals surface area contributed by atoms with Crippen molar-refractivity contribution in [2.75, 3.05) is 20.7 Å². The van der Waals surface area contributed by atoms with Gasteiger partial charge in [0.05, 0.1) is 31.0 Å². The first-order valence-corrected chi connectivity index (χ1v) is 12.5. The summed E-state index contributed by atoms with van der Waals surface area (Å²) in [6.07, 6.45) is -4.06. The lowest BCUT2D eigenvalue weighted by Gasteiger charge is -2.61. The predicted molar refractivity (Wildman–Crippen MR) is 128 cm³/mol. The number of benzene rings is 1. The zero-order valence-electron chi connectivity index (χ0n) is 21.3. The van der Waals surface area contributed by atoms with E-state index in [1.165, 1.54) is 7.11 Å². The van der Waals surface area contributed by atoms with Gasteiger partial charge < -0.3 is 44.3 Å². The average Bonchev–Trinajstić information content (AvgIpc) is 3.22. The zero-order chi connectivity index (χ0) is 28.3. The molecular weight excluding hydrogens is 518 g/mol. The number of esters is 2. The van der Waals surface area contributed by atoms with Gasteiger partial charge in [-0.25, -0.2) is 9.59 Å². The molecule has 13 nitrogen and oxygen atoms in total. The van der Waals surface area contributed by atoms with Crippen molar-refractivity contribution < 1.29 is 58.6 Å². The van der Waals surface area contributed by atoms with Crippen LogP contribution in [0, 0.1) is 0 Å². The van der Waals surface area contributed by atoms with Crippen LogP contribution in [0.25, 0.3) is 0 Å². The Hall–Kier alpha value is -3.68. The molecule has 4 aliphatic rings. The maximum absolute atomic E-state index is 12.8. The molecule has 0 unspecified atom stereocenters. The zero-order valence-corrected chi connectivity index (χ0v) is 21.3. The van der Waals surface area contributed by atoms with Crippen molar-refractivity contribution in [3.05, 3.63) is 35.1 Å². The Kier molecular flexibility index (Phi) is 6.56. The van der Waals surface area contributed by atoms with E-state index in [2.05, 4.69) is 9.64 Å². The largest absolute Gasteiger partial charge is 0.493 e. The van der Waals surface area contributed by atoms with Gasteiger partial charge in [-0.15, -0.1) is 0 Å². The van der Waals surface area contributed by atoms with E-state index in [4.69, 9.17) is 24.4 Å². The van der Waals surface area contributed by atoms with E-state index in [1.807, 2.05) is 13.1 Å². The van der Waals surface area contributed by atoms with Crippen LogP contribution in [0.4, 0.5) is 0 Å². The molecule has 2 aliphatic carbocycles. The number of likely N-dealkylation sites (tertiary alicyclic amines) is 1. The van der Waals surface area contributed by atoms with Crippen molar-refractivity contribution in [2.45, 2.75) is 67.5 Å². The third kappa shape index (κ3) is 4.03. The second kappa shape index (κ2) is 9.50. The molecule has 2 aliphatic heterocycles. The SMILES string of the molecule is COc1ccc2c3c1O[C@H]1C(OC(=O)[C@@H](O)CC(=O)O[C@H](CC(=O)O)C(=O)O)=CC[C@@]4(O)[C@@H](C2)N(C)CC[C@]314. The Morgan fingerprint density at radius 2 is 1.95 bits per heavy atom. The second-order valence-corrected chi connectivity index (χ2v) is 10.3.